The molecule has 0 unspecified atom stereocenters. The minimum Gasteiger partial charge on any atom is -0.481 e. The van der Waals surface area contributed by atoms with Crippen molar-refractivity contribution in [1.29, 1.82) is 0 Å². The van der Waals surface area contributed by atoms with E-state index in [1.54, 1.807) is 12.1 Å². The summed E-state index contributed by atoms with van der Waals surface area (Å²) in [5, 5.41) is 15.6. The van der Waals surface area contributed by atoms with E-state index in [9.17, 15) is 9.59 Å². The van der Waals surface area contributed by atoms with Gasteiger partial charge in [0.15, 0.2) is 5.76 Å². The number of hydrogen-bond acceptors (Lipinski definition) is 6. The number of aryl methyl sites for hydroxylation is 1. The number of carboxylic acid groups (broad SMARTS) is 1. The number of aromatic nitrogens is 2. The summed E-state index contributed by atoms with van der Waals surface area (Å²) < 4.78 is 10.2. The van der Waals surface area contributed by atoms with Crippen LogP contribution in [-0.2, 0) is 16.0 Å². The van der Waals surface area contributed by atoms with Gasteiger partial charge in [-0.3, -0.25) is 9.59 Å². The minimum atomic E-state index is -0.898. The number of carboxylic acids is 1. The van der Waals surface area contributed by atoms with Gasteiger partial charge in [0, 0.05) is 12.8 Å². The van der Waals surface area contributed by atoms with Crippen molar-refractivity contribution in [3.05, 3.63) is 24.3 Å². The van der Waals surface area contributed by atoms with Gasteiger partial charge >= 0.3 is 5.97 Å². The lowest BCUT2D eigenvalue weighted by Crippen LogP contribution is -2.54. The lowest BCUT2D eigenvalue weighted by atomic mass is 9.74. The molecule has 122 valence electrons. The molecule has 0 spiro atoms. The van der Waals surface area contributed by atoms with E-state index in [2.05, 4.69) is 15.5 Å². The van der Waals surface area contributed by atoms with Gasteiger partial charge in [-0.15, -0.1) is 0 Å². The first-order valence-corrected chi connectivity index (χ1v) is 7.46. The molecule has 0 radical (unpaired) electrons. The van der Waals surface area contributed by atoms with Crippen LogP contribution in [0.2, 0.25) is 0 Å². The van der Waals surface area contributed by atoms with E-state index in [0.29, 0.717) is 36.7 Å². The summed E-state index contributed by atoms with van der Waals surface area (Å²) in [5.74, 6) is 0.0761. The zero-order valence-corrected chi connectivity index (χ0v) is 12.4. The molecule has 1 aliphatic carbocycles. The van der Waals surface area contributed by atoms with Crippen LogP contribution in [0.15, 0.2) is 27.3 Å². The number of nitrogens with zero attached hydrogens (tertiary/aromatic N) is 2. The highest BCUT2D eigenvalue weighted by Gasteiger charge is 2.40. The Labute approximate surface area is 131 Å². The average molecular weight is 319 g/mol. The largest absolute Gasteiger partial charge is 0.481 e. The Hall–Kier alpha value is -2.64. The zero-order chi connectivity index (χ0) is 16.3. The molecular formula is C15H17N3O5. The van der Waals surface area contributed by atoms with Crippen molar-refractivity contribution >= 4 is 11.9 Å². The predicted molar refractivity (Wildman–Crippen MR) is 77.3 cm³/mol. The van der Waals surface area contributed by atoms with E-state index < -0.39 is 11.5 Å². The van der Waals surface area contributed by atoms with Gasteiger partial charge in [-0.1, -0.05) is 5.16 Å². The van der Waals surface area contributed by atoms with Crippen LogP contribution in [0.4, 0.5) is 0 Å². The van der Waals surface area contributed by atoms with Crippen LogP contribution in [0.1, 0.15) is 38.0 Å². The van der Waals surface area contributed by atoms with Crippen LogP contribution in [0, 0.1) is 0 Å². The lowest BCUT2D eigenvalue weighted by molar-refractivity contribution is -0.140. The number of furan rings is 1. The van der Waals surface area contributed by atoms with Crippen molar-refractivity contribution in [3.8, 4) is 11.6 Å². The van der Waals surface area contributed by atoms with Gasteiger partial charge in [0.1, 0.15) is 0 Å². The van der Waals surface area contributed by atoms with Crippen LogP contribution in [0.5, 0.6) is 0 Å². The van der Waals surface area contributed by atoms with E-state index >= 15 is 0 Å². The number of carbonyl (C=O) groups excluding carboxylic acids is 1. The molecule has 2 aromatic heterocycles. The summed E-state index contributed by atoms with van der Waals surface area (Å²) in [4.78, 5) is 27.1. The average Bonchev–Trinajstić information content (AvgIpc) is 3.13. The van der Waals surface area contributed by atoms with Crippen molar-refractivity contribution in [1.82, 2.24) is 15.5 Å². The molecule has 2 heterocycles. The Morgan fingerprint density at radius 3 is 2.83 bits per heavy atom. The molecule has 0 aliphatic heterocycles. The fourth-order valence-electron chi connectivity index (χ4n) is 2.68. The smallest absolute Gasteiger partial charge is 0.305 e. The van der Waals surface area contributed by atoms with Crippen molar-refractivity contribution in [3.63, 3.8) is 0 Å². The Morgan fingerprint density at radius 1 is 1.39 bits per heavy atom. The van der Waals surface area contributed by atoms with Crippen molar-refractivity contribution < 1.29 is 23.6 Å². The van der Waals surface area contributed by atoms with Crippen LogP contribution in [-0.4, -0.2) is 32.7 Å². The summed E-state index contributed by atoms with van der Waals surface area (Å²) in [6, 6.07) is 3.44. The fourth-order valence-corrected chi connectivity index (χ4v) is 2.68. The van der Waals surface area contributed by atoms with E-state index in [0.717, 1.165) is 6.42 Å². The first-order chi connectivity index (χ1) is 11.1. The molecular weight excluding hydrogens is 302 g/mol. The Morgan fingerprint density at radius 2 is 2.22 bits per heavy atom. The Kier molecular flexibility index (Phi) is 4.14. The Bertz CT molecular complexity index is 688. The van der Waals surface area contributed by atoms with E-state index in [1.807, 2.05) is 0 Å². The topological polar surface area (TPSA) is 118 Å². The van der Waals surface area contributed by atoms with Gasteiger partial charge in [0.05, 0.1) is 18.2 Å². The zero-order valence-electron chi connectivity index (χ0n) is 12.4. The van der Waals surface area contributed by atoms with Gasteiger partial charge in [0.2, 0.25) is 17.6 Å². The molecule has 8 nitrogen and oxygen atoms in total. The minimum absolute atomic E-state index is 0.0397. The molecule has 8 heteroatoms. The van der Waals surface area contributed by atoms with Crippen molar-refractivity contribution in [2.45, 2.75) is 44.1 Å². The summed E-state index contributed by atoms with van der Waals surface area (Å²) in [6.45, 7) is 0. The summed E-state index contributed by atoms with van der Waals surface area (Å²) in [5.41, 5.74) is -0.586. The first kappa shape index (κ1) is 15.3. The molecule has 0 atom stereocenters. The third-order valence-corrected chi connectivity index (χ3v) is 3.98. The maximum absolute atomic E-state index is 12.0. The molecule has 1 aliphatic rings. The summed E-state index contributed by atoms with van der Waals surface area (Å²) >= 11 is 0. The lowest BCUT2D eigenvalue weighted by Gasteiger charge is -2.41. The SMILES string of the molecule is O=C(O)CC1(NC(=O)CCc2nc(-c3ccco3)no2)CCC1. The molecule has 23 heavy (non-hydrogen) atoms. The van der Waals surface area contributed by atoms with Crippen LogP contribution >= 0.6 is 0 Å². The third kappa shape index (κ3) is 3.58. The normalized spacial score (nSPS) is 15.8. The number of aliphatic carboxylic acids is 1. The first-order valence-electron chi connectivity index (χ1n) is 7.46. The highest BCUT2D eigenvalue weighted by atomic mass is 16.5. The Balaban J connectivity index is 1.52. The van der Waals surface area contributed by atoms with Gasteiger partial charge in [-0.05, 0) is 31.4 Å². The van der Waals surface area contributed by atoms with Crippen molar-refractivity contribution in [2.75, 3.05) is 0 Å². The van der Waals surface area contributed by atoms with Gasteiger partial charge in [0.25, 0.3) is 0 Å². The summed E-state index contributed by atoms with van der Waals surface area (Å²) in [7, 11) is 0. The predicted octanol–water partition coefficient (Wildman–Crippen LogP) is 1.78. The molecule has 1 amide bonds. The van der Waals surface area contributed by atoms with Crippen LogP contribution in [0.25, 0.3) is 11.6 Å². The maximum atomic E-state index is 12.0. The summed E-state index contributed by atoms with van der Waals surface area (Å²) in [6.07, 6.45) is 4.28. The highest BCUT2D eigenvalue weighted by Crippen LogP contribution is 2.35. The molecule has 1 fully saturated rings. The molecule has 2 N–H and O–H groups in total. The van der Waals surface area contributed by atoms with Crippen LogP contribution in [0.3, 0.4) is 0 Å². The molecule has 2 aromatic rings. The quantitative estimate of drug-likeness (QED) is 0.798. The number of nitrogens with one attached hydrogen (secondary N) is 1. The third-order valence-electron chi connectivity index (χ3n) is 3.98. The molecule has 1 saturated carbocycles. The van der Waals surface area contributed by atoms with Crippen LogP contribution < -0.4 is 5.32 Å². The molecule has 0 saturated heterocycles. The number of hydrogen-bond donors (Lipinski definition) is 2. The van der Waals surface area contributed by atoms with E-state index in [1.165, 1.54) is 6.26 Å². The van der Waals surface area contributed by atoms with Gasteiger partial charge in [-0.2, -0.15) is 4.98 Å². The van der Waals surface area contributed by atoms with E-state index in [4.69, 9.17) is 14.0 Å². The second kappa shape index (κ2) is 6.23. The van der Waals surface area contributed by atoms with Crippen molar-refractivity contribution in [2.24, 2.45) is 0 Å². The number of amides is 1. The van der Waals surface area contributed by atoms with Gasteiger partial charge < -0.3 is 19.4 Å². The second-order valence-electron chi connectivity index (χ2n) is 5.74. The maximum Gasteiger partial charge on any atom is 0.305 e. The number of carbonyl (C=O) groups is 2. The molecule has 3 rings (SSSR count). The number of rotatable bonds is 7. The second-order valence-corrected chi connectivity index (χ2v) is 5.74. The molecule has 0 bridgehead atoms. The highest BCUT2D eigenvalue weighted by molar-refractivity contribution is 5.78. The van der Waals surface area contributed by atoms with Gasteiger partial charge in [-0.25, -0.2) is 0 Å². The van der Waals surface area contributed by atoms with E-state index in [-0.39, 0.29) is 18.7 Å². The molecule has 0 aromatic carbocycles. The monoisotopic (exact) mass is 319 g/mol. The standard InChI is InChI=1S/C15H17N3O5/c19-11(17-15(6-2-7-15)9-13(20)21)4-5-12-16-14(18-23-12)10-3-1-8-22-10/h1,3,8H,2,4-7,9H2,(H,17,19)(H,20,21). The fraction of sp³-hybridized carbons (Fsp3) is 0.467.